The average Bonchev–Trinajstić information content (AvgIpc) is 2.15. The van der Waals surface area contributed by atoms with E-state index >= 15 is 0 Å². The number of thiophene rings is 1. The highest BCUT2D eigenvalue weighted by atomic mass is 32.1. The van der Waals surface area contributed by atoms with Gasteiger partial charge in [-0.3, -0.25) is 5.32 Å². The Bertz CT molecular complexity index is 197. The van der Waals surface area contributed by atoms with E-state index in [0.29, 0.717) is 5.69 Å². The third-order valence-electron chi connectivity index (χ3n) is 0.764. The first-order valence-corrected chi connectivity index (χ1v) is 3.22. The molecule has 0 spiro atoms. The Morgan fingerprint density at radius 1 is 1.78 bits per heavy atom. The van der Waals surface area contributed by atoms with Crippen molar-refractivity contribution in [1.29, 1.82) is 0 Å². The van der Waals surface area contributed by atoms with Crippen molar-refractivity contribution in [2.24, 2.45) is 0 Å². The van der Waals surface area contributed by atoms with Crippen LogP contribution in [-0.4, -0.2) is 6.16 Å². The van der Waals surface area contributed by atoms with Crippen molar-refractivity contribution in [2.45, 2.75) is 0 Å². The topological polar surface area (TPSA) is 29.1 Å². The molecule has 1 aromatic rings. The molecule has 2 nitrogen and oxygen atoms in total. The Labute approximate surface area is 55.3 Å². The standard InChI is InChI=1S/C5H4FNOS/c6-5(8)7-4-1-2-9-3-4/h1-3H,(H,7,8). The lowest BCUT2D eigenvalue weighted by molar-refractivity contribution is 0.235. The van der Waals surface area contributed by atoms with Crippen LogP contribution in [0, 0.1) is 0 Å². The van der Waals surface area contributed by atoms with Crippen LogP contribution in [-0.2, 0) is 0 Å². The molecule has 0 aliphatic heterocycles. The summed E-state index contributed by atoms with van der Waals surface area (Å²) in [5, 5.41) is 5.40. The fraction of sp³-hybridized carbons (Fsp3) is 0. The molecule has 1 amide bonds. The zero-order valence-corrected chi connectivity index (χ0v) is 5.24. The number of anilines is 1. The molecule has 0 aliphatic rings. The van der Waals surface area contributed by atoms with Gasteiger partial charge in [0.1, 0.15) is 0 Å². The van der Waals surface area contributed by atoms with Gasteiger partial charge in [-0.25, -0.2) is 4.79 Å². The zero-order chi connectivity index (χ0) is 6.69. The van der Waals surface area contributed by atoms with Crippen LogP contribution in [0.4, 0.5) is 14.9 Å². The minimum atomic E-state index is -1.52. The van der Waals surface area contributed by atoms with Gasteiger partial charge in [0.15, 0.2) is 0 Å². The molecule has 0 fully saturated rings. The van der Waals surface area contributed by atoms with Gasteiger partial charge >= 0.3 is 6.16 Å². The van der Waals surface area contributed by atoms with Crippen LogP contribution >= 0.6 is 11.3 Å². The first-order chi connectivity index (χ1) is 4.29. The summed E-state index contributed by atoms with van der Waals surface area (Å²) >= 11 is 1.40. The second kappa shape index (κ2) is 2.59. The van der Waals surface area contributed by atoms with Crippen molar-refractivity contribution in [3.05, 3.63) is 16.8 Å². The first-order valence-electron chi connectivity index (χ1n) is 2.28. The van der Waals surface area contributed by atoms with Crippen LogP contribution in [0.1, 0.15) is 0 Å². The van der Waals surface area contributed by atoms with Crippen LogP contribution in [0.15, 0.2) is 16.8 Å². The number of rotatable bonds is 1. The lowest BCUT2D eigenvalue weighted by Gasteiger charge is -1.89. The molecule has 1 rings (SSSR count). The fourth-order valence-electron chi connectivity index (χ4n) is 0.449. The van der Waals surface area contributed by atoms with E-state index in [9.17, 15) is 9.18 Å². The normalized spacial score (nSPS) is 9.00. The summed E-state index contributed by atoms with van der Waals surface area (Å²) in [6.07, 6.45) is -1.52. The van der Waals surface area contributed by atoms with E-state index in [4.69, 9.17) is 0 Å². The van der Waals surface area contributed by atoms with Crippen molar-refractivity contribution >= 4 is 23.2 Å². The quantitative estimate of drug-likeness (QED) is 0.476. The molecule has 0 aliphatic carbocycles. The van der Waals surface area contributed by atoms with Gasteiger partial charge < -0.3 is 0 Å². The number of carbonyl (C=O) groups is 1. The summed E-state index contributed by atoms with van der Waals surface area (Å²) in [5.41, 5.74) is 0.507. The lowest BCUT2D eigenvalue weighted by Crippen LogP contribution is -1.99. The van der Waals surface area contributed by atoms with Gasteiger partial charge in [-0.2, -0.15) is 11.3 Å². The SMILES string of the molecule is O=C(F)Nc1ccsc1. The van der Waals surface area contributed by atoms with Gasteiger partial charge in [0.2, 0.25) is 0 Å². The number of halogens is 1. The molecule has 1 heterocycles. The van der Waals surface area contributed by atoms with Gasteiger partial charge in [-0.15, -0.1) is 4.39 Å². The van der Waals surface area contributed by atoms with Crippen LogP contribution in [0.25, 0.3) is 0 Å². The highest BCUT2D eigenvalue weighted by molar-refractivity contribution is 7.08. The summed E-state index contributed by atoms with van der Waals surface area (Å²) in [7, 11) is 0. The van der Waals surface area contributed by atoms with Gasteiger partial charge in [-0.05, 0) is 11.4 Å². The van der Waals surface area contributed by atoms with Gasteiger partial charge in [0, 0.05) is 5.38 Å². The molecule has 9 heavy (non-hydrogen) atoms. The first kappa shape index (κ1) is 6.22. The van der Waals surface area contributed by atoms with E-state index in [-0.39, 0.29) is 0 Å². The molecule has 4 heteroatoms. The van der Waals surface area contributed by atoms with Crippen molar-refractivity contribution in [3.63, 3.8) is 0 Å². The highest BCUT2D eigenvalue weighted by Gasteiger charge is 1.95. The largest absolute Gasteiger partial charge is 0.401 e. The van der Waals surface area contributed by atoms with Crippen molar-refractivity contribution in [3.8, 4) is 0 Å². The number of hydrogen-bond acceptors (Lipinski definition) is 2. The maximum Gasteiger partial charge on any atom is 0.401 e. The van der Waals surface area contributed by atoms with E-state index in [1.54, 1.807) is 16.8 Å². The second-order valence-corrected chi connectivity index (χ2v) is 2.19. The van der Waals surface area contributed by atoms with E-state index in [2.05, 4.69) is 0 Å². The Balaban J connectivity index is 2.58. The molecule has 48 valence electrons. The number of carbonyl (C=O) groups excluding carboxylic acids is 1. The Hall–Kier alpha value is -0.900. The summed E-state index contributed by atoms with van der Waals surface area (Å²) in [5.74, 6) is 0. The highest BCUT2D eigenvalue weighted by Crippen LogP contribution is 2.11. The van der Waals surface area contributed by atoms with E-state index in [1.807, 2.05) is 5.32 Å². The molecular formula is C5H4FNOS. The number of nitrogens with one attached hydrogen (secondary N) is 1. The molecule has 0 bridgehead atoms. The summed E-state index contributed by atoms with van der Waals surface area (Å²) in [6.45, 7) is 0. The summed E-state index contributed by atoms with van der Waals surface area (Å²) in [4.78, 5) is 9.74. The van der Waals surface area contributed by atoms with Crippen LogP contribution in [0.2, 0.25) is 0 Å². The van der Waals surface area contributed by atoms with E-state index in [1.165, 1.54) is 11.3 Å². The molecule has 1 N–H and O–H groups in total. The smallest absolute Gasteiger partial charge is 0.297 e. The predicted octanol–water partition coefficient (Wildman–Crippen LogP) is 2.25. The number of amides is 1. The Morgan fingerprint density at radius 2 is 2.56 bits per heavy atom. The van der Waals surface area contributed by atoms with Crippen LogP contribution < -0.4 is 5.32 Å². The maximum absolute atomic E-state index is 11.5. The fourth-order valence-corrected chi connectivity index (χ4v) is 1.04. The van der Waals surface area contributed by atoms with E-state index < -0.39 is 6.16 Å². The molecule has 1 aromatic heterocycles. The van der Waals surface area contributed by atoms with Crippen LogP contribution in [0.3, 0.4) is 0 Å². The van der Waals surface area contributed by atoms with Crippen LogP contribution in [0.5, 0.6) is 0 Å². The predicted molar refractivity (Wildman–Crippen MR) is 34.4 cm³/mol. The minimum Gasteiger partial charge on any atom is -0.297 e. The lowest BCUT2D eigenvalue weighted by atomic mass is 10.5. The van der Waals surface area contributed by atoms with Crippen molar-refractivity contribution in [1.82, 2.24) is 0 Å². The molecule has 0 atom stereocenters. The number of hydrogen-bond donors (Lipinski definition) is 1. The summed E-state index contributed by atoms with van der Waals surface area (Å²) < 4.78 is 11.5. The molecule has 0 saturated heterocycles. The molecule has 0 unspecified atom stereocenters. The summed E-state index contributed by atoms with van der Waals surface area (Å²) in [6, 6.07) is 1.63. The Morgan fingerprint density at radius 3 is 3.00 bits per heavy atom. The maximum atomic E-state index is 11.5. The third kappa shape index (κ3) is 1.81. The molecule has 0 saturated carbocycles. The van der Waals surface area contributed by atoms with E-state index in [0.717, 1.165) is 0 Å². The minimum absolute atomic E-state index is 0.507. The zero-order valence-electron chi connectivity index (χ0n) is 4.43. The third-order valence-corrected chi connectivity index (χ3v) is 1.45. The van der Waals surface area contributed by atoms with Crippen molar-refractivity contribution < 1.29 is 9.18 Å². The average molecular weight is 145 g/mol. The van der Waals surface area contributed by atoms with Gasteiger partial charge in [0.25, 0.3) is 0 Å². The van der Waals surface area contributed by atoms with Crippen molar-refractivity contribution in [2.75, 3.05) is 5.32 Å². The molecular weight excluding hydrogens is 141 g/mol. The second-order valence-electron chi connectivity index (χ2n) is 1.41. The van der Waals surface area contributed by atoms with Gasteiger partial charge in [0.05, 0.1) is 5.69 Å². The molecule has 0 aromatic carbocycles. The Kier molecular flexibility index (Phi) is 1.79. The van der Waals surface area contributed by atoms with Gasteiger partial charge in [-0.1, -0.05) is 0 Å². The molecule has 0 radical (unpaired) electrons. The monoisotopic (exact) mass is 145 g/mol.